The van der Waals surface area contributed by atoms with Gasteiger partial charge in [0.05, 0.1) is 7.11 Å². The first-order chi connectivity index (χ1) is 13.6. The van der Waals surface area contributed by atoms with Crippen LogP contribution in [-0.2, 0) is 4.74 Å². The van der Waals surface area contributed by atoms with Gasteiger partial charge < -0.3 is 19.6 Å². The number of aliphatic imine (C=N–C) groups is 1. The number of methoxy groups -OCH3 is 1. The molecule has 2 N–H and O–H groups in total. The molecule has 0 radical (unpaired) electrons. The molecule has 0 bridgehead atoms. The summed E-state index contributed by atoms with van der Waals surface area (Å²) in [5.41, 5.74) is 2.01. The zero-order valence-electron chi connectivity index (χ0n) is 14.6. The van der Waals surface area contributed by atoms with Crippen molar-refractivity contribution in [3.8, 4) is 5.75 Å². The number of pyridine rings is 1. The number of benzene rings is 1. The van der Waals surface area contributed by atoms with Crippen LogP contribution >= 0.6 is 11.6 Å². The van der Waals surface area contributed by atoms with Gasteiger partial charge in [0.25, 0.3) is 0 Å². The van der Waals surface area contributed by atoms with Gasteiger partial charge in [0.15, 0.2) is 22.9 Å². The Kier molecular flexibility index (Phi) is 4.58. The quantitative estimate of drug-likeness (QED) is 0.614. The van der Waals surface area contributed by atoms with E-state index in [9.17, 15) is 9.90 Å². The summed E-state index contributed by atoms with van der Waals surface area (Å²) in [6, 6.07) is 10.4. The highest BCUT2D eigenvalue weighted by atomic mass is 35.5. The summed E-state index contributed by atoms with van der Waals surface area (Å²) >= 11 is 5.89. The second-order valence-corrected chi connectivity index (χ2v) is 6.31. The van der Waals surface area contributed by atoms with E-state index in [0.717, 1.165) is 5.56 Å². The molecule has 0 atom stereocenters. The van der Waals surface area contributed by atoms with E-state index in [2.05, 4.69) is 15.3 Å². The fourth-order valence-corrected chi connectivity index (χ4v) is 2.89. The number of hydrogen-bond acceptors (Lipinski definition) is 7. The molecule has 140 valence electrons. The van der Waals surface area contributed by atoms with Gasteiger partial charge in [-0.25, -0.2) is 14.8 Å². The number of fused-ring (bicyclic) bond motifs is 1. The molecule has 1 aromatic carbocycles. The van der Waals surface area contributed by atoms with E-state index in [1.807, 2.05) is 6.07 Å². The molecule has 1 aliphatic rings. The Morgan fingerprint density at radius 1 is 1.29 bits per heavy atom. The number of furan rings is 1. The lowest BCUT2D eigenvalue weighted by Gasteiger charge is -2.05. The van der Waals surface area contributed by atoms with Crippen molar-refractivity contribution in [2.75, 3.05) is 12.4 Å². The van der Waals surface area contributed by atoms with Crippen molar-refractivity contribution in [2.24, 2.45) is 4.99 Å². The summed E-state index contributed by atoms with van der Waals surface area (Å²) in [6.45, 7) is 0. The Hall–Kier alpha value is -3.58. The molecule has 0 saturated heterocycles. The summed E-state index contributed by atoms with van der Waals surface area (Å²) in [6.07, 6.45) is 4.85. The second-order valence-electron chi connectivity index (χ2n) is 5.87. The molecule has 8 heteroatoms. The summed E-state index contributed by atoms with van der Waals surface area (Å²) in [5, 5.41) is 14.1. The van der Waals surface area contributed by atoms with Gasteiger partial charge in [-0.1, -0.05) is 11.6 Å². The molecule has 28 heavy (non-hydrogen) atoms. The number of halogens is 1. The lowest BCUT2D eigenvalue weighted by Crippen LogP contribution is -2.03. The van der Waals surface area contributed by atoms with Crippen LogP contribution in [0.2, 0.25) is 5.02 Å². The Morgan fingerprint density at radius 2 is 2.07 bits per heavy atom. The van der Waals surface area contributed by atoms with Crippen LogP contribution in [0.1, 0.15) is 21.7 Å². The lowest BCUT2D eigenvalue weighted by molar-refractivity contribution is 0.0598. The third-order valence-corrected chi connectivity index (χ3v) is 4.36. The number of nitrogens with zero attached hydrogens (tertiary/aromatic N) is 2. The third kappa shape index (κ3) is 3.23. The summed E-state index contributed by atoms with van der Waals surface area (Å²) in [4.78, 5) is 20.6. The molecule has 0 saturated carbocycles. The summed E-state index contributed by atoms with van der Waals surface area (Å²) < 4.78 is 10.5. The van der Waals surface area contributed by atoms with E-state index in [0.29, 0.717) is 22.1 Å². The molecule has 4 rings (SSSR count). The molecule has 0 fully saturated rings. The fourth-order valence-electron chi connectivity index (χ4n) is 2.76. The molecular weight excluding hydrogens is 382 g/mol. The van der Waals surface area contributed by atoms with E-state index in [1.165, 1.54) is 7.11 Å². The first-order valence-electron chi connectivity index (χ1n) is 8.24. The first kappa shape index (κ1) is 17.8. The number of ether oxygens (including phenoxy) is 1. The Morgan fingerprint density at radius 3 is 2.82 bits per heavy atom. The van der Waals surface area contributed by atoms with Gasteiger partial charge in [0.1, 0.15) is 0 Å². The van der Waals surface area contributed by atoms with Crippen molar-refractivity contribution < 1.29 is 19.1 Å². The molecular formula is C20H14ClN3O4. The average Bonchev–Trinajstić information content (AvgIpc) is 3.25. The number of aromatic hydroxyl groups is 1. The maximum atomic E-state index is 12.2. The van der Waals surface area contributed by atoms with E-state index in [4.69, 9.17) is 20.8 Å². The first-order valence-corrected chi connectivity index (χ1v) is 8.62. The number of rotatable bonds is 4. The van der Waals surface area contributed by atoms with Crippen LogP contribution in [0.25, 0.3) is 11.6 Å². The van der Waals surface area contributed by atoms with E-state index < -0.39 is 5.97 Å². The standard InChI is InChI=1S/C20H14ClN3O4/c1-27-20(26)16-17(25)15(9-11-10-23-18-14(11)3-2-8-22-18)28-19(16)24-13-6-4-12(21)5-7-13/h2-10,24-25H,1H3. The molecule has 1 aliphatic heterocycles. The number of anilines is 2. The number of hydrogen-bond donors (Lipinski definition) is 2. The molecule has 0 aliphatic carbocycles. The van der Waals surface area contributed by atoms with Gasteiger partial charge in [-0.05, 0) is 42.5 Å². The van der Waals surface area contributed by atoms with Crippen LogP contribution in [0.15, 0.2) is 52.0 Å². The van der Waals surface area contributed by atoms with Gasteiger partial charge in [-0.3, -0.25) is 0 Å². The number of aromatic nitrogens is 1. The van der Waals surface area contributed by atoms with Crippen molar-refractivity contribution in [3.63, 3.8) is 0 Å². The third-order valence-electron chi connectivity index (χ3n) is 4.11. The van der Waals surface area contributed by atoms with Gasteiger partial charge in [0, 0.05) is 34.3 Å². The predicted molar refractivity (Wildman–Crippen MR) is 107 cm³/mol. The minimum atomic E-state index is -0.732. The minimum absolute atomic E-state index is 0.0554. The maximum Gasteiger partial charge on any atom is 0.347 e. The molecule has 3 heterocycles. The SMILES string of the molecule is COC(=O)c1c(Nc2ccc(Cl)cc2)oc(C=C2C=Nc3ncccc32)c1O. The van der Waals surface area contributed by atoms with E-state index in [-0.39, 0.29) is 23.0 Å². The fraction of sp³-hybridized carbons (Fsp3) is 0.0500. The molecule has 0 unspecified atom stereocenters. The van der Waals surface area contributed by atoms with Crippen molar-refractivity contribution in [1.82, 2.24) is 4.98 Å². The second kappa shape index (κ2) is 7.21. The Bertz CT molecular complexity index is 1120. The smallest absolute Gasteiger partial charge is 0.347 e. The Labute approximate surface area is 165 Å². The van der Waals surface area contributed by atoms with Gasteiger partial charge >= 0.3 is 5.97 Å². The zero-order chi connectivity index (χ0) is 19.7. The topological polar surface area (TPSA) is 97.0 Å². The largest absolute Gasteiger partial charge is 0.504 e. The molecule has 0 spiro atoms. The van der Waals surface area contributed by atoms with Crippen molar-refractivity contribution >= 4 is 52.8 Å². The van der Waals surface area contributed by atoms with Gasteiger partial charge in [-0.2, -0.15) is 0 Å². The number of carbonyl (C=O) groups excluding carboxylic acids is 1. The van der Waals surface area contributed by atoms with Crippen LogP contribution < -0.4 is 5.32 Å². The normalized spacial score (nSPS) is 13.6. The van der Waals surface area contributed by atoms with Crippen molar-refractivity contribution in [1.29, 1.82) is 0 Å². The van der Waals surface area contributed by atoms with Crippen LogP contribution in [-0.4, -0.2) is 29.4 Å². The molecule has 2 aromatic heterocycles. The number of carbonyl (C=O) groups is 1. The number of esters is 1. The van der Waals surface area contributed by atoms with Crippen LogP contribution in [0.3, 0.4) is 0 Å². The molecule has 0 amide bonds. The van der Waals surface area contributed by atoms with Gasteiger partial charge in [-0.15, -0.1) is 0 Å². The van der Waals surface area contributed by atoms with Gasteiger partial charge in [0.2, 0.25) is 5.88 Å². The molecule has 3 aromatic rings. The van der Waals surface area contributed by atoms with Crippen molar-refractivity contribution in [3.05, 3.63) is 64.5 Å². The van der Waals surface area contributed by atoms with E-state index in [1.54, 1.807) is 48.8 Å². The van der Waals surface area contributed by atoms with Crippen LogP contribution in [0.4, 0.5) is 17.4 Å². The minimum Gasteiger partial charge on any atom is -0.504 e. The highest BCUT2D eigenvalue weighted by Gasteiger charge is 2.27. The predicted octanol–water partition coefficient (Wildman–Crippen LogP) is 4.82. The van der Waals surface area contributed by atoms with Crippen LogP contribution in [0, 0.1) is 0 Å². The number of allylic oxidation sites excluding steroid dienone is 1. The lowest BCUT2D eigenvalue weighted by atomic mass is 10.1. The van der Waals surface area contributed by atoms with Crippen LogP contribution in [0.5, 0.6) is 5.75 Å². The Balaban J connectivity index is 1.76. The van der Waals surface area contributed by atoms with E-state index >= 15 is 0 Å². The highest BCUT2D eigenvalue weighted by molar-refractivity contribution is 6.30. The van der Waals surface area contributed by atoms with Crippen molar-refractivity contribution in [2.45, 2.75) is 0 Å². The zero-order valence-corrected chi connectivity index (χ0v) is 15.4. The monoisotopic (exact) mass is 395 g/mol. The maximum absolute atomic E-state index is 12.2. The average molecular weight is 396 g/mol. The highest BCUT2D eigenvalue weighted by Crippen LogP contribution is 2.39. The summed E-state index contributed by atoms with van der Waals surface area (Å²) in [7, 11) is 1.23. The summed E-state index contributed by atoms with van der Waals surface area (Å²) in [5.74, 6) is -0.339. The number of nitrogens with one attached hydrogen (secondary N) is 1. The molecule has 7 nitrogen and oxygen atoms in total.